The van der Waals surface area contributed by atoms with E-state index in [1.807, 2.05) is 60.2 Å². The number of fused-ring (bicyclic) bond motifs is 3. The molecule has 0 spiro atoms. The summed E-state index contributed by atoms with van der Waals surface area (Å²) < 4.78 is 13.6. The molecule has 2 N–H and O–H groups in total. The van der Waals surface area contributed by atoms with Crippen molar-refractivity contribution in [2.75, 3.05) is 13.2 Å². The maximum absolute atomic E-state index is 13.5. The van der Waals surface area contributed by atoms with Crippen molar-refractivity contribution in [2.45, 2.75) is 25.9 Å². The van der Waals surface area contributed by atoms with Crippen LogP contribution in [0.25, 0.3) is 10.9 Å². The number of ether oxygens (including phenoxy) is 2. The van der Waals surface area contributed by atoms with Crippen molar-refractivity contribution in [3.05, 3.63) is 109 Å². The molecule has 6 rings (SSSR count). The first-order valence-corrected chi connectivity index (χ1v) is 14.4. The number of aryl methyl sites for hydroxylation is 1. The molecule has 7 nitrogen and oxygen atoms in total. The third kappa shape index (κ3) is 5.35. The van der Waals surface area contributed by atoms with Crippen LogP contribution in [0.5, 0.6) is 11.5 Å². The highest BCUT2D eigenvalue weighted by molar-refractivity contribution is 7.09. The zero-order chi connectivity index (χ0) is 27.8. The maximum atomic E-state index is 13.5. The summed E-state index contributed by atoms with van der Waals surface area (Å²) in [5, 5.41) is 10.3. The van der Waals surface area contributed by atoms with Crippen molar-refractivity contribution in [1.29, 1.82) is 5.41 Å². The molecule has 0 saturated carbocycles. The first-order valence-electron chi connectivity index (χ1n) is 12.8. The normalized spacial score (nSPS) is 14.8. The predicted octanol–water partition coefficient (Wildman–Crippen LogP) is 7.35. The molecule has 0 radical (unpaired) electrons. The number of carbonyl (C=O) groups excluding carboxylic acids is 1. The Morgan fingerprint density at radius 1 is 1.05 bits per heavy atom. The largest absolute Gasteiger partial charge is 0.492 e. The number of aromatic nitrogens is 2. The number of amides is 1. The van der Waals surface area contributed by atoms with Crippen LogP contribution in [-0.4, -0.2) is 33.7 Å². The van der Waals surface area contributed by atoms with Crippen molar-refractivity contribution < 1.29 is 14.3 Å². The van der Waals surface area contributed by atoms with Crippen LogP contribution in [0.1, 0.15) is 27.7 Å². The lowest BCUT2D eigenvalue weighted by atomic mass is 9.92. The van der Waals surface area contributed by atoms with Gasteiger partial charge in [0.2, 0.25) is 0 Å². The Hall–Kier alpha value is -3.72. The van der Waals surface area contributed by atoms with Gasteiger partial charge in [0.1, 0.15) is 24.1 Å². The number of nitrogens with zero attached hydrogens (tertiary/aromatic N) is 2. The third-order valence-corrected chi connectivity index (χ3v) is 8.34. The number of benzene rings is 3. The van der Waals surface area contributed by atoms with Gasteiger partial charge >= 0.3 is 6.09 Å². The van der Waals surface area contributed by atoms with E-state index >= 15 is 0 Å². The molecule has 0 aliphatic carbocycles. The summed E-state index contributed by atoms with van der Waals surface area (Å²) in [5.74, 6) is 1.15. The van der Waals surface area contributed by atoms with Crippen LogP contribution in [0.4, 0.5) is 4.79 Å². The highest BCUT2D eigenvalue weighted by Crippen LogP contribution is 2.40. The Labute approximate surface area is 245 Å². The minimum Gasteiger partial charge on any atom is -0.492 e. The summed E-state index contributed by atoms with van der Waals surface area (Å²) in [6.07, 6.45) is 2.19. The third-order valence-electron chi connectivity index (χ3n) is 7.00. The van der Waals surface area contributed by atoms with E-state index in [4.69, 9.17) is 38.1 Å². The number of hydrogen-bond acceptors (Lipinski definition) is 5. The quantitative estimate of drug-likeness (QED) is 0.216. The Morgan fingerprint density at radius 2 is 1.77 bits per heavy atom. The van der Waals surface area contributed by atoms with Gasteiger partial charge in [-0.3, -0.25) is 10.3 Å². The predicted molar refractivity (Wildman–Crippen MR) is 158 cm³/mol. The molecule has 0 unspecified atom stereocenters. The van der Waals surface area contributed by atoms with Crippen LogP contribution in [0, 0.1) is 12.3 Å². The Morgan fingerprint density at radius 3 is 2.50 bits per heavy atom. The van der Waals surface area contributed by atoms with E-state index in [1.165, 1.54) is 11.3 Å². The molecule has 5 aromatic rings. The second kappa shape index (κ2) is 11.0. The summed E-state index contributed by atoms with van der Waals surface area (Å²) in [6.45, 7) is 3.51. The minimum atomic E-state index is -0.440. The number of halogens is 2. The van der Waals surface area contributed by atoms with Gasteiger partial charge in [-0.2, -0.15) is 0 Å². The second-order valence-electron chi connectivity index (χ2n) is 9.63. The summed E-state index contributed by atoms with van der Waals surface area (Å²) >= 11 is 13.8. The molecule has 1 aliphatic heterocycles. The molecule has 3 heterocycles. The highest BCUT2D eigenvalue weighted by atomic mass is 35.5. The summed E-state index contributed by atoms with van der Waals surface area (Å²) in [6, 6.07) is 19.9. The van der Waals surface area contributed by atoms with Crippen molar-refractivity contribution in [1.82, 2.24) is 14.5 Å². The Bertz CT molecular complexity index is 1740. The van der Waals surface area contributed by atoms with Gasteiger partial charge < -0.3 is 19.0 Å². The van der Waals surface area contributed by atoms with Crippen LogP contribution in [0.15, 0.2) is 72.9 Å². The number of hydrogen-bond donors (Lipinski definition) is 2. The molecular weight excluding hydrogens is 567 g/mol. The maximum Gasteiger partial charge on any atom is 0.416 e. The smallest absolute Gasteiger partial charge is 0.416 e. The number of rotatable bonds is 6. The molecule has 2 aromatic heterocycles. The van der Waals surface area contributed by atoms with E-state index in [9.17, 15) is 4.79 Å². The molecule has 1 amide bonds. The zero-order valence-corrected chi connectivity index (χ0v) is 23.9. The first-order chi connectivity index (χ1) is 19.4. The number of H-pyrrole nitrogens is 1. The van der Waals surface area contributed by atoms with Crippen LogP contribution < -0.4 is 14.3 Å². The molecule has 0 bridgehead atoms. The monoisotopic (exact) mass is 592 g/mol. The summed E-state index contributed by atoms with van der Waals surface area (Å²) in [5.41, 5.74) is 3.99. The molecular formula is C30H26Cl2N4O3S. The van der Waals surface area contributed by atoms with E-state index in [1.54, 1.807) is 29.2 Å². The molecule has 204 valence electrons. The molecule has 40 heavy (non-hydrogen) atoms. The van der Waals surface area contributed by atoms with Gasteiger partial charge in [0, 0.05) is 44.3 Å². The average Bonchev–Trinajstić information content (AvgIpc) is 3.47. The molecule has 10 heteroatoms. The van der Waals surface area contributed by atoms with Gasteiger partial charge in [0.25, 0.3) is 0 Å². The number of nitrogens with one attached hydrogen (secondary N) is 2. The Kier molecular flexibility index (Phi) is 7.31. The lowest BCUT2D eigenvalue weighted by molar-refractivity contribution is 0.135. The zero-order valence-electron chi connectivity index (χ0n) is 21.6. The van der Waals surface area contributed by atoms with Crippen molar-refractivity contribution in [3.63, 3.8) is 0 Å². The van der Waals surface area contributed by atoms with E-state index in [0.717, 1.165) is 38.4 Å². The number of carbonyl (C=O) groups is 1. The van der Waals surface area contributed by atoms with E-state index in [0.29, 0.717) is 46.7 Å². The standard InChI is InChI=1S/C30H26Cl2N4O3S/c1-18-17-35(29(33)40-18)14-15-38-22-7-2-19(3-8-22)28-27-24(25-16-21(32)6-11-26(25)34-27)12-13-36(28)30(37)39-23-9-4-20(31)5-10-23/h2-11,16-17,28,33-34H,12-15H2,1H3/t28-/m0/s1. The summed E-state index contributed by atoms with van der Waals surface area (Å²) in [4.78, 5) is 20.4. The van der Waals surface area contributed by atoms with Crippen LogP contribution in [0.3, 0.4) is 0 Å². The molecule has 3 aromatic carbocycles. The SMILES string of the molecule is Cc1cn(CCOc2ccc([C@H]3c4[nH]c5ccc(Cl)cc5c4CCN3C(=O)Oc3ccc(Cl)cc3)cc2)c(=N)s1. The van der Waals surface area contributed by atoms with Crippen LogP contribution in [0.2, 0.25) is 10.0 Å². The molecule has 1 atom stereocenters. The van der Waals surface area contributed by atoms with Gasteiger partial charge in [-0.25, -0.2) is 4.79 Å². The topological polar surface area (TPSA) is 83.3 Å². The van der Waals surface area contributed by atoms with Gasteiger partial charge in [-0.05, 0) is 79.1 Å². The molecule has 0 fully saturated rings. The first kappa shape index (κ1) is 26.5. The lowest BCUT2D eigenvalue weighted by Gasteiger charge is -2.35. The number of thiazole rings is 1. The molecule has 1 aliphatic rings. The van der Waals surface area contributed by atoms with Gasteiger partial charge in [-0.15, -0.1) is 11.3 Å². The minimum absolute atomic E-state index is 0.390. The lowest BCUT2D eigenvalue weighted by Crippen LogP contribution is -2.42. The fourth-order valence-electron chi connectivity index (χ4n) is 5.16. The second-order valence-corrected chi connectivity index (χ2v) is 11.7. The average molecular weight is 594 g/mol. The van der Waals surface area contributed by atoms with Crippen molar-refractivity contribution >= 4 is 51.5 Å². The fraction of sp³-hybridized carbons (Fsp3) is 0.200. The van der Waals surface area contributed by atoms with Gasteiger partial charge in [0.15, 0.2) is 4.80 Å². The Balaban J connectivity index is 1.28. The number of aromatic amines is 1. The molecule has 0 saturated heterocycles. The van der Waals surface area contributed by atoms with Gasteiger partial charge in [-0.1, -0.05) is 35.3 Å². The summed E-state index contributed by atoms with van der Waals surface area (Å²) in [7, 11) is 0. The van der Waals surface area contributed by atoms with Gasteiger partial charge in [0.05, 0.1) is 6.54 Å². The van der Waals surface area contributed by atoms with Crippen LogP contribution >= 0.6 is 34.5 Å². The highest BCUT2D eigenvalue weighted by Gasteiger charge is 2.35. The van der Waals surface area contributed by atoms with Crippen molar-refractivity contribution in [3.8, 4) is 11.5 Å². The van der Waals surface area contributed by atoms with E-state index in [-0.39, 0.29) is 6.04 Å². The fourth-order valence-corrected chi connectivity index (χ4v) is 6.20. The van der Waals surface area contributed by atoms with Crippen molar-refractivity contribution in [2.24, 2.45) is 0 Å². The van der Waals surface area contributed by atoms with Crippen LogP contribution in [-0.2, 0) is 13.0 Å². The van der Waals surface area contributed by atoms with E-state index < -0.39 is 6.09 Å². The van der Waals surface area contributed by atoms with E-state index in [2.05, 4.69) is 4.98 Å².